The average Bonchev–Trinajstić information content (AvgIpc) is 2.33. The molecule has 2 rings (SSSR count). The minimum Gasteiger partial charge on any atom is -1.00 e. The van der Waals surface area contributed by atoms with Gasteiger partial charge in [-0.1, -0.05) is 6.42 Å². The summed E-state index contributed by atoms with van der Waals surface area (Å²) < 4.78 is 5.21. The molecule has 0 spiro atoms. The number of nitrogens with one attached hydrogen (secondary N) is 2. The standard InChI is InChI=1S/C13H20N2O2.ClH/c1-3-13(7-5-4-6-8-13)15-9-11(10-15)17-12(16)14-2;/h1,11H,4-10H2,2H3,(H,14,16);1H. The molecule has 5 heteroatoms. The fraction of sp³-hybridized carbons (Fsp3) is 0.769. The number of carbonyl (C=O) groups excluding carboxylic acids is 1. The summed E-state index contributed by atoms with van der Waals surface area (Å²) in [6.07, 6.45) is 11.4. The molecule has 102 valence electrons. The molecule has 0 atom stereocenters. The quantitative estimate of drug-likeness (QED) is 0.525. The molecule has 0 radical (unpaired) electrons. The van der Waals surface area contributed by atoms with Gasteiger partial charge in [0.05, 0.1) is 0 Å². The number of hydrogen-bond acceptors (Lipinski definition) is 2. The molecule has 1 saturated heterocycles. The lowest BCUT2D eigenvalue weighted by molar-refractivity contribution is -0.989. The first-order valence-electron chi connectivity index (χ1n) is 6.41. The van der Waals surface area contributed by atoms with Gasteiger partial charge in [-0.15, -0.1) is 6.42 Å². The van der Waals surface area contributed by atoms with E-state index in [2.05, 4.69) is 11.2 Å². The second-order valence-corrected chi connectivity index (χ2v) is 5.08. The van der Waals surface area contributed by atoms with Gasteiger partial charge in [0, 0.05) is 19.9 Å². The van der Waals surface area contributed by atoms with Crippen molar-refractivity contribution in [2.75, 3.05) is 20.1 Å². The molecule has 0 aromatic rings. The Kier molecular flexibility index (Phi) is 5.30. The number of quaternary nitrogens is 1. The van der Waals surface area contributed by atoms with Gasteiger partial charge < -0.3 is 27.4 Å². The molecule has 2 fully saturated rings. The summed E-state index contributed by atoms with van der Waals surface area (Å²) in [6.45, 7) is 1.72. The zero-order chi connectivity index (χ0) is 12.3. The SMILES string of the molecule is C#CC1([NH+]2CC(OC(=O)NC)C2)CCCCC1.[Cl-]. The number of ether oxygens (including phenoxy) is 1. The van der Waals surface area contributed by atoms with Crippen LogP contribution in [0.15, 0.2) is 0 Å². The molecule has 1 saturated carbocycles. The van der Waals surface area contributed by atoms with Gasteiger partial charge >= 0.3 is 6.09 Å². The van der Waals surface area contributed by atoms with Gasteiger partial charge in [0.1, 0.15) is 13.1 Å². The van der Waals surface area contributed by atoms with Crippen LogP contribution >= 0.6 is 0 Å². The van der Waals surface area contributed by atoms with E-state index < -0.39 is 0 Å². The van der Waals surface area contributed by atoms with Crippen molar-refractivity contribution < 1.29 is 26.8 Å². The van der Waals surface area contributed by atoms with E-state index in [1.807, 2.05) is 0 Å². The predicted octanol–water partition coefficient (Wildman–Crippen LogP) is -3.05. The normalized spacial score (nSPS) is 29.1. The van der Waals surface area contributed by atoms with Crippen LogP contribution in [0.1, 0.15) is 32.1 Å². The van der Waals surface area contributed by atoms with Gasteiger partial charge in [0.2, 0.25) is 6.10 Å². The Balaban J connectivity index is 0.00000162. The van der Waals surface area contributed by atoms with E-state index in [9.17, 15) is 4.79 Å². The highest BCUT2D eigenvalue weighted by Gasteiger charge is 2.48. The maximum absolute atomic E-state index is 11.1. The van der Waals surface area contributed by atoms with Crippen LogP contribution in [0.2, 0.25) is 0 Å². The van der Waals surface area contributed by atoms with Crippen LogP contribution in [0.25, 0.3) is 0 Å². The molecular weight excluding hydrogens is 252 g/mol. The Labute approximate surface area is 115 Å². The maximum atomic E-state index is 11.1. The fourth-order valence-electron chi connectivity index (χ4n) is 2.93. The molecular formula is C13H21ClN2O2. The van der Waals surface area contributed by atoms with Crippen LogP contribution in [-0.4, -0.2) is 37.9 Å². The number of hydrogen-bond donors (Lipinski definition) is 2. The summed E-state index contributed by atoms with van der Waals surface area (Å²) in [4.78, 5) is 12.5. The highest BCUT2D eigenvalue weighted by atomic mass is 35.5. The Bertz CT molecular complexity index is 328. The van der Waals surface area contributed by atoms with Crippen LogP contribution in [0, 0.1) is 12.3 Å². The van der Waals surface area contributed by atoms with Gasteiger partial charge in [-0.05, 0) is 18.8 Å². The fourth-order valence-corrected chi connectivity index (χ4v) is 2.93. The number of amides is 1. The van der Waals surface area contributed by atoms with Crippen LogP contribution in [-0.2, 0) is 4.74 Å². The average molecular weight is 273 g/mol. The molecule has 4 nitrogen and oxygen atoms in total. The van der Waals surface area contributed by atoms with Crippen molar-refractivity contribution in [2.45, 2.75) is 43.7 Å². The van der Waals surface area contributed by atoms with E-state index in [-0.39, 0.29) is 30.1 Å². The van der Waals surface area contributed by atoms with Gasteiger partial charge in [-0.25, -0.2) is 4.79 Å². The number of terminal acetylenes is 1. The molecule has 1 amide bonds. The molecule has 1 aliphatic carbocycles. The van der Waals surface area contributed by atoms with Gasteiger partial charge in [-0.3, -0.25) is 0 Å². The smallest absolute Gasteiger partial charge is 0.407 e. The van der Waals surface area contributed by atoms with E-state index in [1.165, 1.54) is 24.2 Å². The van der Waals surface area contributed by atoms with Crippen molar-refractivity contribution in [1.29, 1.82) is 0 Å². The van der Waals surface area contributed by atoms with Crippen LogP contribution in [0.4, 0.5) is 4.79 Å². The second kappa shape index (κ2) is 6.31. The first kappa shape index (κ1) is 15.1. The van der Waals surface area contributed by atoms with Gasteiger partial charge in [0.15, 0.2) is 5.54 Å². The summed E-state index contributed by atoms with van der Waals surface area (Å²) in [5.41, 5.74) is 0.0147. The minimum absolute atomic E-state index is 0. The summed E-state index contributed by atoms with van der Waals surface area (Å²) in [5.74, 6) is 3.01. The Morgan fingerprint density at radius 2 is 2.00 bits per heavy atom. The number of likely N-dealkylation sites (tertiary alicyclic amines) is 1. The van der Waals surface area contributed by atoms with E-state index >= 15 is 0 Å². The van der Waals surface area contributed by atoms with Crippen molar-refractivity contribution in [3.05, 3.63) is 0 Å². The largest absolute Gasteiger partial charge is 1.00 e. The minimum atomic E-state index is -0.340. The van der Waals surface area contributed by atoms with Crippen molar-refractivity contribution in [1.82, 2.24) is 5.32 Å². The molecule has 0 aromatic carbocycles. The third kappa shape index (κ3) is 2.90. The Morgan fingerprint density at radius 1 is 1.39 bits per heavy atom. The molecule has 18 heavy (non-hydrogen) atoms. The molecule has 1 aliphatic heterocycles. The van der Waals surface area contributed by atoms with E-state index in [1.54, 1.807) is 7.05 Å². The highest BCUT2D eigenvalue weighted by molar-refractivity contribution is 5.66. The lowest BCUT2D eigenvalue weighted by atomic mass is 9.79. The molecule has 2 N–H and O–H groups in total. The lowest BCUT2D eigenvalue weighted by Gasteiger charge is -2.47. The van der Waals surface area contributed by atoms with Crippen LogP contribution in [0.5, 0.6) is 0 Å². The molecule has 1 heterocycles. The summed E-state index contributed by atoms with van der Waals surface area (Å²) in [7, 11) is 1.58. The monoisotopic (exact) mass is 272 g/mol. The number of alkyl carbamates (subject to hydrolysis) is 1. The summed E-state index contributed by atoms with van der Waals surface area (Å²) >= 11 is 0. The zero-order valence-electron chi connectivity index (χ0n) is 10.8. The lowest BCUT2D eigenvalue weighted by Crippen LogP contribution is -3.28. The van der Waals surface area contributed by atoms with Gasteiger partial charge in [0.25, 0.3) is 0 Å². The number of rotatable bonds is 2. The molecule has 0 aromatic heterocycles. The maximum Gasteiger partial charge on any atom is 0.407 e. The summed E-state index contributed by atoms with van der Waals surface area (Å²) in [5, 5.41) is 2.47. The highest BCUT2D eigenvalue weighted by Crippen LogP contribution is 2.26. The third-order valence-electron chi connectivity index (χ3n) is 4.09. The Morgan fingerprint density at radius 3 is 2.50 bits per heavy atom. The topological polar surface area (TPSA) is 42.8 Å². The number of carbonyl (C=O) groups is 1. The second-order valence-electron chi connectivity index (χ2n) is 5.08. The van der Waals surface area contributed by atoms with Gasteiger partial charge in [-0.2, -0.15) is 0 Å². The van der Waals surface area contributed by atoms with E-state index in [4.69, 9.17) is 11.2 Å². The van der Waals surface area contributed by atoms with Crippen molar-refractivity contribution in [3.63, 3.8) is 0 Å². The van der Waals surface area contributed by atoms with E-state index in [0.29, 0.717) is 0 Å². The zero-order valence-corrected chi connectivity index (χ0v) is 11.6. The third-order valence-corrected chi connectivity index (χ3v) is 4.09. The van der Waals surface area contributed by atoms with E-state index in [0.717, 1.165) is 25.9 Å². The molecule has 0 unspecified atom stereocenters. The first-order valence-corrected chi connectivity index (χ1v) is 6.41. The predicted molar refractivity (Wildman–Crippen MR) is 64.7 cm³/mol. The van der Waals surface area contributed by atoms with Crippen molar-refractivity contribution in [3.8, 4) is 12.3 Å². The number of halogens is 1. The van der Waals surface area contributed by atoms with Crippen molar-refractivity contribution >= 4 is 6.09 Å². The van der Waals surface area contributed by atoms with Crippen molar-refractivity contribution in [2.24, 2.45) is 0 Å². The van der Waals surface area contributed by atoms with Crippen LogP contribution < -0.4 is 22.6 Å². The molecule has 2 aliphatic rings. The van der Waals surface area contributed by atoms with Crippen LogP contribution in [0.3, 0.4) is 0 Å². The first-order chi connectivity index (χ1) is 8.20. The molecule has 0 bridgehead atoms. The summed E-state index contributed by atoms with van der Waals surface area (Å²) in [6, 6.07) is 0. The Hall–Kier alpha value is -0.920.